The molecule has 0 saturated carbocycles. The summed E-state index contributed by atoms with van der Waals surface area (Å²) in [6, 6.07) is 8.72. The number of hydrogen-bond acceptors (Lipinski definition) is 3. The normalized spacial score (nSPS) is 20.9. The first kappa shape index (κ1) is 23.6. The van der Waals surface area contributed by atoms with Gasteiger partial charge >= 0.3 is 0 Å². The number of fused-ring (bicyclic) bond motifs is 1. The topological polar surface area (TPSA) is 65.8 Å². The number of benzene rings is 1. The summed E-state index contributed by atoms with van der Waals surface area (Å²) in [5, 5.41) is 3.46. The minimum absolute atomic E-state index is 0. The minimum atomic E-state index is 0. The van der Waals surface area contributed by atoms with Gasteiger partial charge in [-0.15, -0.1) is 24.0 Å². The molecule has 0 spiro atoms. The first-order chi connectivity index (χ1) is 14.7. The van der Waals surface area contributed by atoms with E-state index in [0.717, 1.165) is 51.5 Å². The van der Waals surface area contributed by atoms with Gasteiger partial charge in [-0.25, -0.2) is 4.98 Å². The molecule has 2 aromatic rings. The van der Waals surface area contributed by atoms with Gasteiger partial charge in [0, 0.05) is 58.6 Å². The highest BCUT2D eigenvalue weighted by Crippen LogP contribution is 2.27. The van der Waals surface area contributed by atoms with Gasteiger partial charge in [0.05, 0.1) is 12.4 Å². The predicted molar refractivity (Wildman–Crippen MR) is 133 cm³/mol. The Morgan fingerprint density at radius 3 is 2.61 bits per heavy atom. The third-order valence-corrected chi connectivity index (χ3v) is 6.38. The van der Waals surface area contributed by atoms with Gasteiger partial charge in [-0.2, -0.15) is 0 Å². The van der Waals surface area contributed by atoms with Crippen molar-refractivity contribution in [3.63, 3.8) is 0 Å². The van der Waals surface area contributed by atoms with E-state index in [1.807, 2.05) is 42.8 Å². The summed E-state index contributed by atoms with van der Waals surface area (Å²) in [7, 11) is 1.83. The second kappa shape index (κ2) is 11.0. The fourth-order valence-electron chi connectivity index (χ4n) is 4.53. The summed E-state index contributed by atoms with van der Waals surface area (Å²) in [6.45, 7) is 6.46. The van der Waals surface area contributed by atoms with E-state index < -0.39 is 0 Å². The van der Waals surface area contributed by atoms with E-state index in [9.17, 15) is 4.79 Å². The van der Waals surface area contributed by atoms with Gasteiger partial charge < -0.3 is 19.7 Å². The molecule has 1 aromatic carbocycles. The van der Waals surface area contributed by atoms with Crippen LogP contribution in [0, 0.1) is 5.92 Å². The molecule has 1 aromatic heterocycles. The minimum Gasteiger partial charge on any atom is -0.356 e. The van der Waals surface area contributed by atoms with Gasteiger partial charge in [0.2, 0.25) is 5.91 Å². The van der Waals surface area contributed by atoms with Gasteiger partial charge in [-0.1, -0.05) is 31.2 Å². The number of aromatic nitrogens is 2. The van der Waals surface area contributed by atoms with E-state index in [1.54, 1.807) is 0 Å². The van der Waals surface area contributed by atoms with Gasteiger partial charge in [0.15, 0.2) is 5.96 Å². The number of rotatable bonds is 5. The number of carbonyl (C=O) groups is 1. The molecule has 0 aliphatic carbocycles. The summed E-state index contributed by atoms with van der Waals surface area (Å²) in [5.74, 6) is 1.76. The van der Waals surface area contributed by atoms with Crippen LogP contribution in [-0.2, 0) is 17.9 Å². The molecule has 2 atom stereocenters. The molecule has 7 nitrogen and oxygen atoms in total. The summed E-state index contributed by atoms with van der Waals surface area (Å²) < 4.78 is 2.21. The monoisotopic (exact) mass is 536 g/mol. The molecule has 1 amide bonds. The maximum atomic E-state index is 12.6. The number of hydrogen-bond donors (Lipinski definition) is 1. The standard InChI is InChI=1S/C23H32N6O.HI/c1-18-9-12-27(16-21(18)28-13-11-25-17-28)23(24-2)26-10-5-8-22(30)29-14-19-6-3-4-7-20(19)15-29;/h3-4,6-7,11,13,17-18,21H,5,8-10,12,14-16H2,1-2H3,(H,24,26);1H. The highest BCUT2D eigenvalue weighted by molar-refractivity contribution is 14.0. The summed E-state index contributed by atoms with van der Waals surface area (Å²) in [4.78, 5) is 25.6. The van der Waals surface area contributed by atoms with Crippen LogP contribution in [0.25, 0.3) is 0 Å². The number of imidazole rings is 1. The summed E-state index contributed by atoms with van der Waals surface area (Å²) in [6.07, 6.45) is 8.28. The first-order valence-electron chi connectivity index (χ1n) is 10.9. The Hall–Kier alpha value is -2.10. The van der Waals surface area contributed by atoms with Crippen LogP contribution in [-0.4, -0.2) is 57.9 Å². The smallest absolute Gasteiger partial charge is 0.223 e. The number of nitrogens with one attached hydrogen (secondary N) is 1. The molecule has 3 heterocycles. The third-order valence-electron chi connectivity index (χ3n) is 6.38. The Morgan fingerprint density at radius 2 is 1.97 bits per heavy atom. The van der Waals surface area contributed by atoms with Gasteiger partial charge in [-0.3, -0.25) is 9.79 Å². The molecule has 2 aliphatic rings. The molecule has 0 bridgehead atoms. The third kappa shape index (κ3) is 5.58. The fourth-order valence-corrected chi connectivity index (χ4v) is 4.53. The Labute approximate surface area is 201 Å². The Kier molecular flexibility index (Phi) is 8.34. The van der Waals surface area contributed by atoms with Gasteiger partial charge in [0.1, 0.15) is 0 Å². The highest BCUT2D eigenvalue weighted by atomic mass is 127. The maximum Gasteiger partial charge on any atom is 0.223 e. The van der Waals surface area contributed by atoms with Crippen molar-refractivity contribution in [1.29, 1.82) is 0 Å². The van der Waals surface area contributed by atoms with Gasteiger partial charge in [0.25, 0.3) is 0 Å². The molecule has 1 fully saturated rings. The molecule has 31 heavy (non-hydrogen) atoms. The first-order valence-corrected chi connectivity index (χ1v) is 10.9. The van der Waals surface area contributed by atoms with Crippen LogP contribution >= 0.6 is 24.0 Å². The van der Waals surface area contributed by atoms with E-state index in [4.69, 9.17) is 0 Å². The molecule has 1 N–H and O–H groups in total. The maximum absolute atomic E-state index is 12.6. The van der Waals surface area contributed by atoms with E-state index in [2.05, 4.69) is 43.8 Å². The molecule has 0 radical (unpaired) electrons. The van der Waals surface area contributed by atoms with Crippen molar-refractivity contribution in [3.8, 4) is 0 Å². The molecule has 168 valence electrons. The van der Waals surface area contributed by atoms with Crippen LogP contribution in [0.15, 0.2) is 48.0 Å². The van der Waals surface area contributed by atoms with Crippen LogP contribution in [0.4, 0.5) is 0 Å². The molecule has 2 unspecified atom stereocenters. The van der Waals surface area contributed by atoms with Crippen LogP contribution in [0.2, 0.25) is 0 Å². The number of carbonyl (C=O) groups excluding carboxylic acids is 1. The zero-order valence-electron chi connectivity index (χ0n) is 18.4. The van der Waals surface area contributed by atoms with Crippen LogP contribution in [0.5, 0.6) is 0 Å². The zero-order valence-corrected chi connectivity index (χ0v) is 20.7. The summed E-state index contributed by atoms with van der Waals surface area (Å²) in [5.41, 5.74) is 2.55. The number of amides is 1. The van der Waals surface area contributed by atoms with Gasteiger partial charge in [-0.05, 0) is 29.9 Å². The summed E-state index contributed by atoms with van der Waals surface area (Å²) >= 11 is 0. The fraction of sp³-hybridized carbons (Fsp3) is 0.522. The van der Waals surface area contributed by atoms with Crippen molar-refractivity contribution in [1.82, 2.24) is 24.7 Å². The predicted octanol–water partition coefficient (Wildman–Crippen LogP) is 3.28. The lowest BCUT2D eigenvalue weighted by atomic mass is 9.93. The lowest BCUT2D eigenvalue weighted by Gasteiger charge is -2.39. The average molecular weight is 536 g/mol. The zero-order chi connectivity index (χ0) is 20.9. The lowest BCUT2D eigenvalue weighted by Crippen LogP contribution is -2.49. The molecule has 8 heteroatoms. The Morgan fingerprint density at radius 1 is 1.23 bits per heavy atom. The number of likely N-dealkylation sites (tertiary alicyclic amines) is 1. The van der Waals surface area contributed by atoms with Crippen LogP contribution < -0.4 is 5.32 Å². The van der Waals surface area contributed by atoms with Crippen molar-refractivity contribution < 1.29 is 4.79 Å². The number of halogens is 1. The van der Waals surface area contributed by atoms with E-state index in [-0.39, 0.29) is 29.9 Å². The number of nitrogens with zero attached hydrogens (tertiary/aromatic N) is 5. The average Bonchev–Trinajstić information content (AvgIpc) is 3.44. The second-order valence-corrected chi connectivity index (χ2v) is 8.39. The molecular formula is C23H33IN6O. The Balaban J connectivity index is 0.00000272. The quantitative estimate of drug-likeness (QED) is 0.276. The van der Waals surface area contributed by atoms with E-state index in [1.165, 1.54) is 11.1 Å². The van der Waals surface area contributed by atoms with Crippen molar-refractivity contribution in [2.45, 2.75) is 45.3 Å². The SMILES string of the molecule is CN=C(NCCCC(=O)N1Cc2ccccc2C1)N1CCC(C)C(n2ccnc2)C1.I. The van der Waals surface area contributed by atoms with Crippen molar-refractivity contribution in [2.24, 2.45) is 10.9 Å². The molecule has 2 aliphatic heterocycles. The largest absolute Gasteiger partial charge is 0.356 e. The van der Waals surface area contributed by atoms with Crippen LogP contribution in [0.3, 0.4) is 0 Å². The molecule has 1 saturated heterocycles. The van der Waals surface area contributed by atoms with E-state index >= 15 is 0 Å². The molecule has 4 rings (SSSR count). The molecular weight excluding hydrogens is 503 g/mol. The van der Waals surface area contributed by atoms with Crippen LogP contribution in [0.1, 0.15) is 43.4 Å². The second-order valence-electron chi connectivity index (χ2n) is 8.39. The van der Waals surface area contributed by atoms with E-state index in [0.29, 0.717) is 18.4 Å². The Bertz CT molecular complexity index is 859. The number of aliphatic imine (C=N–C) groups is 1. The van der Waals surface area contributed by atoms with Crippen molar-refractivity contribution in [2.75, 3.05) is 26.7 Å². The lowest BCUT2D eigenvalue weighted by molar-refractivity contribution is -0.131. The highest BCUT2D eigenvalue weighted by Gasteiger charge is 2.29. The van der Waals surface area contributed by atoms with Crippen molar-refractivity contribution in [3.05, 3.63) is 54.1 Å². The number of piperidine rings is 1. The number of guanidine groups is 1. The van der Waals surface area contributed by atoms with Crippen molar-refractivity contribution >= 4 is 35.8 Å².